The van der Waals surface area contributed by atoms with Crippen LogP contribution in [0.3, 0.4) is 0 Å². The lowest BCUT2D eigenvalue weighted by atomic mass is 10.0. The Hall–Kier alpha value is -2.30. The molecule has 1 atom stereocenters. The summed E-state index contributed by atoms with van der Waals surface area (Å²) in [4.78, 5) is 24.2. The molecular weight excluding hydrogens is 320 g/mol. The van der Waals surface area contributed by atoms with Crippen LogP contribution >= 0.6 is 0 Å². The maximum Gasteiger partial charge on any atom is 0.347 e. The first-order valence-electron chi connectivity index (χ1n) is 8.80. The van der Waals surface area contributed by atoms with Gasteiger partial charge in [0.25, 0.3) is 0 Å². The van der Waals surface area contributed by atoms with Gasteiger partial charge in [-0.3, -0.25) is 0 Å². The predicted molar refractivity (Wildman–Crippen MR) is 95.1 cm³/mol. The highest BCUT2D eigenvalue weighted by Crippen LogP contribution is 2.33. The number of rotatable bonds is 5. The van der Waals surface area contributed by atoms with Gasteiger partial charge in [0.2, 0.25) is 0 Å². The normalized spacial score (nSPS) is 14.6. The number of fused-ring (bicyclic) bond motifs is 3. The third kappa shape index (κ3) is 3.41. The van der Waals surface area contributed by atoms with Gasteiger partial charge in [-0.15, -0.1) is 0 Å². The summed E-state index contributed by atoms with van der Waals surface area (Å²) < 4.78 is 16.5. The fourth-order valence-electron chi connectivity index (χ4n) is 3.20. The Balaban J connectivity index is 1.88. The summed E-state index contributed by atoms with van der Waals surface area (Å²) >= 11 is 0. The second-order valence-electron chi connectivity index (χ2n) is 7.05. The van der Waals surface area contributed by atoms with Crippen molar-refractivity contribution in [1.82, 2.24) is 0 Å². The molecule has 0 saturated heterocycles. The molecule has 0 aliphatic heterocycles. The lowest BCUT2D eigenvalue weighted by molar-refractivity contribution is -0.152. The Morgan fingerprint density at radius 3 is 2.64 bits per heavy atom. The van der Waals surface area contributed by atoms with Crippen molar-refractivity contribution in [2.45, 2.75) is 53.1 Å². The van der Waals surface area contributed by atoms with Crippen LogP contribution in [-0.4, -0.2) is 18.7 Å². The van der Waals surface area contributed by atoms with Gasteiger partial charge in [-0.1, -0.05) is 13.8 Å². The Morgan fingerprint density at radius 1 is 1.20 bits per heavy atom. The molecule has 1 heterocycles. The van der Waals surface area contributed by atoms with Crippen molar-refractivity contribution in [2.24, 2.45) is 5.92 Å². The van der Waals surface area contributed by atoms with E-state index in [2.05, 4.69) is 0 Å². The average molecular weight is 344 g/mol. The molecule has 0 bridgehead atoms. The molecule has 1 aliphatic rings. The summed E-state index contributed by atoms with van der Waals surface area (Å²) in [6.07, 6.45) is 1.93. The Labute approximate surface area is 146 Å². The molecular formula is C20H24O5. The molecule has 25 heavy (non-hydrogen) atoms. The van der Waals surface area contributed by atoms with Crippen LogP contribution in [0.2, 0.25) is 0 Å². The number of benzene rings is 1. The first kappa shape index (κ1) is 17.5. The lowest BCUT2D eigenvalue weighted by Gasteiger charge is -2.17. The van der Waals surface area contributed by atoms with Crippen molar-refractivity contribution < 1.29 is 18.7 Å². The van der Waals surface area contributed by atoms with E-state index in [9.17, 15) is 9.59 Å². The minimum absolute atomic E-state index is 0.260. The van der Waals surface area contributed by atoms with Crippen LogP contribution in [0.5, 0.6) is 5.75 Å². The standard InChI is InChI=1S/C20H24O5/c1-11(2)10-23-19(21)13(4)24-17-9-8-15-14-6-5-7-16(14)20(22)25-18(15)12(17)3/h8-9,11,13H,5-7,10H2,1-4H3. The van der Waals surface area contributed by atoms with Crippen molar-refractivity contribution in [3.8, 4) is 5.75 Å². The predicted octanol–water partition coefficient (Wildman–Crippen LogP) is 3.56. The number of esters is 1. The number of carbonyl (C=O) groups is 1. The molecule has 0 spiro atoms. The summed E-state index contributed by atoms with van der Waals surface area (Å²) in [5, 5.41) is 0.965. The van der Waals surface area contributed by atoms with E-state index in [-0.39, 0.29) is 11.5 Å². The summed E-state index contributed by atoms with van der Waals surface area (Å²) in [5.74, 6) is 0.404. The molecule has 1 aromatic carbocycles. The van der Waals surface area contributed by atoms with Gasteiger partial charge in [0.15, 0.2) is 6.10 Å². The monoisotopic (exact) mass is 344 g/mol. The highest BCUT2D eigenvalue weighted by molar-refractivity contribution is 5.86. The van der Waals surface area contributed by atoms with E-state index in [1.807, 2.05) is 32.9 Å². The van der Waals surface area contributed by atoms with Crippen LogP contribution in [0.4, 0.5) is 0 Å². The summed E-state index contributed by atoms with van der Waals surface area (Å²) in [6, 6.07) is 3.75. The third-order valence-electron chi connectivity index (χ3n) is 4.53. The largest absolute Gasteiger partial charge is 0.479 e. The number of carbonyl (C=O) groups excluding carboxylic acids is 1. The molecule has 1 unspecified atom stereocenters. The molecule has 3 rings (SSSR count). The number of hydrogen-bond acceptors (Lipinski definition) is 5. The average Bonchev–Trinajstić information content (AvgIpc) is 3.06. The molecule has 0 radical (unpaired) electrons. The molecule has 2 aromatic rings. The fourth-order valence-corrected chi connectivity index (χ4v) is 3.20. The number of hydrogen-bond donors (Lipinski definition) is 0. The molecule has 0 N–H and O–H groups in total. The van der Waals surface area contributed by atoms with Crippen molar-refractivity contribution in [2.75, 3.05) is 6.61 Å². The Bertz CT molecular complexity index is 862. The lowest BCUT2D eigenvalue weighted by Crippen LogP contribution is -2.27. The first-order valence-corrected chi connectivity index (χ1v) is 8.80. The van der Waals surface area contributed by atoms with Gasteiger partial charge in [0.05, 0.1) is 6.61 Å². The zero-order valence-corrected chi connectivity index (χ0v) is 15.2. The van der Waals surface area contributed by atoms with Gasteiger partial charge in [-0.2, -0.15) is 0 Å². The zero-order chi connectivity index (χ0) is 18.1. The summed E-state index contributed by atoms with van der Waals surface area (Å²) in [5.41, 5.74) is 2.90. The minimum Gasteiger partial charge on any atom is -0.479 e. The molecule has 0 fully saturated rings. The van der Waals surface area contributed by atoms with Crippen LogP contribution in [-0.2, 0) is 22.4 Å². The molecule has 5 nitrogen and oxygen atoms in total. The van der Waals surface area contributed by atoms with Crippen molar-refractivity contribution in [3.63, 3.8) is 0 Å². The van der Waals surface area contributed by atoms with Gasteiger partial charge in [0, 0.05) is 16.5 Å². The van der Waals surface area contributed by atoms with Crippen LogP contribution in [0.25, 0.3) is 11.0 Å². The van der Waals surface area contributed by atoms with Gasteiger partial charge in [0.1, 0.15) is 11.3 Å². The maximum absolute atomic E-state index is 12.2. The van der Waals surface area contributed by atoms with E-state index in [1.165, 1.54) is 0 Å². The van der Waals surface area contributed by atoms with Crippen molar-refractivity contribution >= 4 is 16.9 Å². The van der Waals surface area contributed by atoms with E-state index >= 15 is 0 Å². The van der Waals surface area contributed by atoms with E-state index in [0.717, 1.165) is 41.3 Å². The fraction of sp³-hybridized carbons (Fsp3) is 0.500. The molecule has 1 aliphatic carbocycles. The highest BCUT2D eigenvalue weighted by atomic mass is 16.6. The first-order chi connectivity index (χ1) is 11.9. The van der Waals surface area contributed by atoms with E-state index in [4.69, 9.17) is 13.9 Å². The molecule has 0 amide bonds. The van der Waals surface area contributed by atoms with E-state index < -0.39 is 12.1 Å². The number of ether oxygens (including phenoxy) is 2. The molecule has 0 saturated carbocycles. The maximum atomic E-state index is 12.2. The van der Waals surface area contributed by atoms with Crippen LogP contribution in [0.1, 0.15) is 43.9 Å². The van der Waals surface area contributed by atoms with Crippen molar-refractivity contribution in [3.05, 3.63) is 39.2 Å². The molecule has 134 valence electrons. The SMILES string of the molecule is Cc1c(OC(C)C(=O)OCC(C)C)ccc2c3c(c(=O)oc12)CCC3. The van der Waals surface area contributed by atoms with Crippen LogP contribution < -0.4 is 10.4 Å². The van der Waals surface area contributed by atoms with Gasteiger partial charge < -0.3 is 13.9 Å². The van der Waals surface area contributed by atoms with Crippen molar-refractivity contribution in [1.29, 1.82) is 0 Å². The summed E-state index contributed by atoms with van der Waals surface area (Å²) in [7, 11) is 0. The topological polar surface area (TPSA) is 65.7 Å². The summed E-state index contributed by atoms with van der Waals surface area (Å²) in [6.45, 7) is 7.82. The smallest absolute Gasteiger partial charge is 0.347 e. The Kier molecular flexibility index (Phi) is 4.84. The highest BCUT2D eigenvalue weighted by Gasteiger charge is 2.23. The second-order valence-corrected chi connectivity index (χ2v) is 7.05. The van der Waals surface area contributed by atoms with Crippen LogP contribution in [0, 0.1) is 12.8 Å². The van der Waals surface area contributed by atoms with E-state index in [1.54, 1.807) is 6.92 Å². The Morgan fingerprint density at radius 2 is 1.92 bits per heavy atom. The quantitative estimate of drug-likeness (QED) is 0.613. The van der Waals surface area contributed by atoms with Gasteiger partial charge >= 0.3 is 11.6 Å². The van der Waals surface area contributed by atoms with Crippen LogP contribution in [0.15, 0.2) is 21.3 Å². The zero-order valence-electron chi connectivity index (χ0n) is 15.2. The third-order valence-corrected chi connectivity index (χ3v) is 4.53. The molecule has 1 aromatic heterocycles. The minimum atomic E-state index is -0.726. The van der Waals surface area contributed by atoms with E-state index in [0.29, 0.717) is 17.9 Å². The second kappa shape index (κ2) is 6.90. The molecule has 5 heteroatoms. The number of aryl methyl sites for hydroxylation is 2. The van der Waals surface area contributed by atoms with Gasteiger partial charge in [-0.25, -0.2) is 9.59 Å². The van der Waals surface area contributed by atoms with Gasteiger partial charge in [-0.05, 0) is 56.7 Å².